The lowest BCUT2D eigenvalue weighted by Gasteiger charge is -2.14. The highest BCUT2D eigenvalue weighted by atomic mass is 32.2. The number of hydrogen-bond donors (Lipinski definition) is 2. The maximum Gasteiger partial charge on any atom is 0.262 e. The smallest absolute Gasteiger partial charge is 0.262 e. The van der Waals surface area contributed by atoms with Gasteiger partial charge in [0.25, 0.3) is 15.9 Å². The van der Waals surface area contributed by atoms with Crippen LogP contribution in [-0.4, -0.2) is 35.2 Å². The van der Waals surface area contributed by atoms with Gasteiger partial charge in [-0.1, -0.05) is 6.07 Å². The molecule has 1 amide bonds. The molecule has 0 unspecified atom stereocenters. The zero-order valence-corrected chi connectivity index (χ0v) is 19.7. The van der Waals surface area contributed by atoms with Gasteiger partial charge in [-0.3, -0.25) is 9.52 Å². The largest absolute Gasteiger partial charge is 0.497 e. The van der Waals surface area contributed by atoms with Crippen molar-refractivity contribution in [3.63, 3.8) is 0 Å². The highest BCUT2D eigenvalue weighted by Gasteiger charge is 2.17. The molecule has 0 spiro atoms. The van der Waals surface area contributed by atoms with Crippen molar-refractivity contribution in [3.8, 4) is 17.2 Å². The number of ether oxygens (including phenoxy) is 3. The molecule has 0 radical (unpaired) electrons. The minimum absolute atomic E-state index is 0.0807. The van der Waals surface area contributed by atoms with Gasteiger partial charge in [-0.2, -0.15) is 0 Å². The van der Waals surface area contributed by atoms with E-state index in [1.807, 2.05) is 13.0 Å². The summed E-state index contributed by atoms with van der Waals surface area (Å²) in [4.78, 5) is 12.4. The molecule has 0 aliphatic heterocycles. The number of amides is 1. The molecule has 2 N–H and O–H groups in total. The van der Waals surface area contributed by atoms with Gasteiger partial charge in [-0.05, 0) is 79.6 Å². The number of nitrogens with one attached hydrogen (secondary N) is 2. The molecule has 174 valence electrons. The third-order valence-electron chi connectivity index (χ3n) is 4.79. The van der Waals surface area contributed by atoms with E-state index in [0.717, 1.165) is 5.56 Å². The first kappa shape index (κ1) is 23.9. The van der Waals surface area contributed by atoms with E-state index < -0.39 is 10.0 Å². The second-order valence-corrected chi connectivity index (χ2v) is 8.98. The van der Waals surface area contributed by atoms with Gasteiger partial charge in [-0.25, -0.2) is 8.42 Å². The summed E-state index contributed by atoms with van der Waals surface area (Å²) in [7, 11) is -0.732. The molecule has 33 heavy (non-hydrogen) atoms. The molecule has 0 bridgehead atoms. The van der Waals surface area contributed by atoms with Crippen LogP contribution in [0.25, 0.3) is 0 Å². The summed E-state index contributed by atoms with van der Waals surface area (Å²) in [5.74, 6) is 1.21. The van der Waals surface area contributed by atoms with Gasteiger partial charge in [0.05, 0.1) is 24.8 Å². The van der Waals surface area contributed by atoms with Gasteiger partial charge in [-0.15, -0.1) is 0 Å². The Balaban J connectivity index is 1.65. The van der Waals surface area contributed by atoms with Gasteiger partial charge < -0.3 is 19.5 Å². The molecule has 3 rings (SSSR count). The molecular formula is C24H26N2O6S. The van der Waals surface area contributed by atoms with Crippen LogP contribution in [0.4, 0.5) is 11.4 Å². The maximum atomic E-state index is 12.7. The Kier molecular flexibility index (Phi) is 7.44. The maximum absolute atomic E-state index is 12.7. The lowest BCUT2D eigenvalue weighted by atomic mass is 10.2. The number of rotatable bonds is 9. The van der Waals surface area contributed by atoms with Crippen molar-refractivity contribution in [3.05, 3.63) is 71.8 Å². The van der Waals surface area contributed by atoms with Crippen molar-refractivity contribution < 1.29 is 27.4 Å². The van der Waals surface area contributed by atoms with Gasteiger partial charge in [0, 0.05) is 5.69 Å². The van der Waals surface area contributed by atoms with Gasteiger partial charge in [0.1, 0.15) is 17.2 Å². The predicted molar refractivity (Wildman–Crippen MR) is 127 cm³/mol. The van der Waals surface area contributed by atoms with E-state index >= 15 is 0 Å². The van der Waals surface area contributed by atoms with Crippen molar-refractivity contribution in [2.75, 3.05) is 30.9 Å². The van der Waals surface area contributed by atoms with Crippen LogP contribution >= 0.6 is 0 Å². The summed E-state index contributed by atoms with van der Waals surface area (Å²) in [6.45, 7) is 3.38. The number of benzene rings is 3. The summed E-state index contributed by atoms with van der Waals surface area (Å²) in [5, 5.41) is 2.76. The van der Waals surface area contributed by atoms with Crippen LogP contribution < -0.4 is 24.2 Å². The number of sulfonamides is 1. The summed E-state index contributed by atoms with van der Waals surface area (Å²) >= 11 is 0. The average Bonchev–Trinajstić information content (AvgIpc) is 2.78. The standard InChI is InChI=1S/C24H26N2O6S/c1-16-5-11-23(31-4)21(13-16)25-24(27)15-32-22-12-10-20(14-17(22)2)33(28,29)26-18-6-8-19(30-3)9-7-18/h5-14,26H,15H2,1-4H3,(H,25,27). The SMILES string of the molecule is COc1ccc(NS(=O)(=O)c2ccc(OCC(=O)Nc3cc(C)ccc3OC)c(C)c2)cc1. The van der Waals surface area contributed by atoms with Crippen LogP contribution in [-0.2, 0) is 14.8 Å². The first-order chi connectivity index (χ1) is 15.7. The Morgan fingerprint density at radius 2 is 1.58 bits per heavy atom. The highest BCUT2D eigenvalue weighted by molar-refractivity contribution is 7.92. The van der Waals surface area contributed by atoms with Crippen LogP contribution in [0, 0.1) is 13.8 Å². The molecule has 0 aromatic heterocycles. The molecule has 0 aliphatic rings. The molecule has 0 atom stereocenters. The quantitative estimate of drug-likeness (QED) is 0.487. The molecule has 0 fully saturated rings. The van der Waals surface area contributed by atoms with Gasteiger partial charge in [0.2, 0.25) is 0 Å². The molecule has 3 aromatic carbocycles. The number of anilines is 2. The van der Waals surface area contributed by atoms with Crippen molar-refractivity contribution in [1.29, 1.82) is 0 Å². The molecule has 9 heteroatoms. The van der Waals surface area contributed by atoms with Crippen LogP contribution in [0.1, 0.15) is 11.1 Å². The van der Waals surface area contributed by atoms with Crippen molar-refractivity contribution in [2.24, 2.45) is 0 Å². The van der Waals surface area contributed by atoms with E-state index in [-0.39, 0.29) is 17.4 Å². The van der Waals surface area contributed by atoms with E-state index in [4.69, 9.17) is 14.2 Å². The Bertz CT molecular complexity index is 1240. The summed E-state index contributed by atoms with van der Waals surface area (Å²) in [5.41, 5.74) is 2.52. The molecule has 0 saturated heterocycles. The lowest BCUT2D eigenvalue weighted by molar-refractivity contribution is -0.118. The van der Waals surface area contributed by atoms with Crippen LogP contribution in [0.2, 0.25) is 0 Å². The van der Waals surface area contributed by atoms with Crippen LogP contribution in [0.5, 0.6) is 17.2 Å². The topological polar surface area (TPSA) is 103 Å². The first-order valence-electron chi connectivity index (χ1n) is 10.1. The first-order valence-corrected chi connectivity index (χ1v) is 11.5. The summed E-state index contributed by atoms with van der Waals surface area (Å²) in [6, 6.07) is 16.5. The molecule has 8 nitrogen and oxygen atoms in total. The Labute approximate surface area is 193 Å². The summed E-state index contributed by atoms with van der Waals surface area (Å²) < 4.78 is 43.9. The monoisotopic (exact) mass is 470 g/mol. The predicted octanol–water partition coefficient (Wildman–Crippen LogP) is 4.14. The number of hydrogen-bond acceptors (Lipinski definition) is 6. The third kappa shape index (κ3) is 6.17. The Morgan fingerprint density at radius 3 is 2.21 bits per heavy atom. The van der Waals surface area contributed by atoms with E-state index in [2.05, 4.69) is 10.0 Å². The minimum Gasteiger partial charge on any atom is -0.497 e. The molecule has 0 saturated carbocycles. The molecule has 0 heterocycles. The fraction of sp³-hybridized carbons (Fsp3) is 0.208. The number of carbonyl (C=O) groups is 1. The number of methoxy groups -OCH3 is 2. The molecule has 0 aliphatic carbocycles. The summed E-state index contributed by atoms with van der Waals surface area (Å²) in [6.07, 6.45) is 0. The highest BCUT2D eigenvalue weighted by Crippen LogP contribution is 2.26. The second-order valence-electron chi connectivity index (χ2n) is 7.30. The molecular weight excluding hydrogens is 444 g/mol. The van der Waals surface area contributed by atoms with Gasteiger partial charge in [0.15, 0.2) is 6.61 Å². The molecule has 3 aromatic rings. The minimum atomic E-state index is -3.80. The Hall–Kier alpha value is -3.72. The lowest BCUT2D eigenvalue weighted by Crippen LogP contribution is -2.21. The van der Waals surface area contributed by atoms with E-state index in [1.54, 1.807) is 43.3 Å². The van der Waals surface area contributed by atoms with Gasteiger partial charge >= 0.3 is 0 Å². The van der Waals surface area contributed by atoms with Crippen LogP contribution in [0.3, 0.4) is 0 Å². The fourth-order valence-corrected chi connectivity index (χ4v) is 4.22. The van der Waals surface area contributed by atoms with Crippen molar-refractivity contribution in [2.45, 2.75) is 18.7 Å². The zero-order valence-electron chi connectivity index (χ0n) is 18.8. The zero-order chi connectivity index (χ0) is 24.0. The van der Waals surface area contributed by atoms with Crippen molar-refractivity contribution in [1.82, 2.24) is 0 Å². The second kappa shape index (κ2) is 10.3. The fourth-order valence-electron chi connectivity index (χ4n) is 3.07. The van der Waals surface area contributed by atoms with E-state index in [9.17, 15) is 13.2 Å². The van der Waals surface area contributed by atoms with E-state index in [0.29, 0.717) is 34.2 Å². The van der Waals surface area contributed by atoms with E-state index in [1.165, 1.54) is 32.4 Å². The number of carbonyl (C=O) groups excluding carboxylic acids is 1. The van der Waals surface area contributed by atoms with Crippen molar-refractivity contribution >= 4 is 27.3 Å². The average molecular weight is 471 g/mol. The number of aryl methyl sites for hydroxylation is 2. The third-order valence-corrected chi connectivity index (χ3v) is 6.17. The normalized spacial score (nSPS) is 10.9. The Morgan fingerprint density at radius 1 is 0.879 bits per heavy atom. The van der Waals surface area contributed by atoms with Crippen LogP contribution in [0.15, 0.2) is 65.6 Å².